The van der Waals surface area contributed by atoms with Crippen LogP contribution in [0.1, 0.15) is 12.0 Å². The van der Waals surface area contributed by atoms with E-state index in [9.17, 15) is 14.4 Å². The Labute approximate surface area is 153 Å². The van der Waals surface area contributed by atoms with Gasteiger partial charge in [0, 0.05) is 32.7 Å². The molecule has 140 valence electrons. The van der Waals surface area contributed by atoms with Crippen molar-refractivity contribution >= 4 is 18.2 Å². The van der Waals surface area contributed by atoms with E-state index in [4.69, 9.17) is 4.74 Å². The highest BCUT2D eigenvalue weighted by molar-refractivity contribution is 5.92. The molecule has 2 atom stereocenters. The number of hydrogen-bond acceptors (Lipinski definition) is 4. The van der Waals surface area contributed by atoms with E-state index in [1.165, 1.54) is 0 Å². The van der Waals surface area contributed by atoms with Gasteiger partial charge in [-0.05, 0) is 30.5 Å². The first-order valence-electron chi connectivity index (χ1n) is 9.01. The lowest BCUT2D eigenvalue weighted by Crippen LogP contribution is -2.48. The highest BCUT2D eigenvalue weighted by Crippen LogP contribution is 2.40. The molecule has 0 aromatic heterocycles. The van der Waals surface area contributed by atoms with E-state index in [0.717, 1.165) is 24.1 Å². The van der Waals surface area contributed by atoms with Gasteiger partial charge in [0.2, 0.25) is 18.2 Å². The second kappa shape index (κ2) is 8.21. The minimum Gasteiger partial charge on any atom is -0.497 e. The van der Waals surface area contributed by atoms with Gasteiger partial charge in [-0.3, -0.25) is 14.4 Å². The molecule has 26 heavy (non-hydrogen) atoms. The number of nitrogens with zero attached hydrogens (tertiary/aromatic N) is 2. The number of nitrogens with one attached hydrogen (secondary N) is 1. The van der Waals surface area contributed by atoms with E-state index < -0.39 is 0 Å². The molecular weight excluding hydrogens is 334 g/mol. The van der Waals surface area contributed by atoms with Crippen molar-refractivity contribution in [3.8, 4) is 5.75 Å². The van der Waals surface area contributed by atoms with Crippen LogP contribution < -0.4 is 10.1 Å². The zero-order valence-electron chi connectivity index (χ0n) is 15.0. The monoisotopic (exact) mass is 359 g/mol. The lowest BCUT2D eigenvalue weighted by atomic mass is 10.1. The van der Waals surface area contributed by atoms with E-state index in [1.54, 1.807) is 16.9 Å². The Bertz CT molecular complexity index is 671. The third-order valence-electron chi connectivity index (χ3n) is 5.07. The smallest absolute Gasteiger partial charge is 0.226 e. The van der Waals surface area contributed by atoms with Gasteiger partial charge in [-0.1, -0.05) is 12.1 Å². The van der Waals surface area contributed by atoms with Gasteiger partial charge in [0.15, 0.2) is 0 Å². The molecule has 7 heteroatoms. The lowest BCUT2D eigenvalue weighted by Gasteiger charge is -2.32. The Morgan fingerprint density at radius 2 is 2.00 bits per heavy atom. The third-order valence-corrected chi connectivity index (χ3v) is 5.07. The number of hydrogen-bond donors (Lipinski definition) is 1. The average Bonchev–Trinajstić information content (AvgIpc) is 3.48. The minimum atomic E-state index is -0.211. The maximum atomic E-state index is 12.5. The second-order valence-electron chi connectivity index (χ2n) is 6.81. The number of carbonyl (C=O) groups excluding carboxylic acids is 3. The van der Waals surface area contributed by atoms with E-state index in [0.29, 0.717) is 39.1 Å². The molecule has 0 bridgehead atoms. The number of rotatable bonds is 7. The quantitative estimate of drug-likeness (QED) is 0.710. The van der Waals surface area contributed by atoms with Crippen LogP contribution in [0.3, 0.4) is 0 Å². The van der Waals surface area contributed by atoms with E-state index in [2.05, 4.69) is 5.32 Å². The molecule has 2 aliphatic rings. The van der Waals surface area contributed by atoms with Crippen LogP contribution in [0.2, 0.25) is 0 Å². The molecule has 1 saturated carbocycles. The van der Waals surface area contributed by atoms with Crippen molar-refractivity contribution in [1.29, 1.82) is 0 Å². The number of ether oxygens (including phenoxy) is 1. The van der Waals surface area contributed by atoms with Crippen molar-refractivity contribution in [1.82, 2.24) is 15.1 Å². The first kappa shape index (κ1) is 18.2. The van der Waals surface area contributed by atoms with Gasteiger partial charge in [0.05, 0.1) is 18.9 Å². The Morgan fingerprint density at radius 1 is 1.23 bits per heavy atom. The van der Waals surface area contributed by atoms with Gasteiger partial charge in [-0.2, -0.15) is 0 Å². The minimum absolute atomic E-state index is 0.0437. The number of carbonyl (C=O) groups is 3. The molecule has 1 saturated heterocycles. The van der Waals surface area contributed by atoms with Gasteiger partial charge < -0.3 is 19.9 Å². The fourth-order valence-electron chi connectivity index (χ4n) is 3.33. The van der Waals surface area contributed by atoms with Crippen molar-refractivity contribution in [2.75, 3.05) is 39.8 Å². The van der Waals surface area contributed by atoms with E-state index in [1.807, 2.05) is 24.3 Å². The maximum absolute atomic E-state index is 12.5. The topological polar surface area (TPSA) is 79.0 Å². The number of methoxy groups -OCH3 is 1. The molecule has 3 rings (SSSR count). The summed E-state index contributed by atoms with van der Waals surface area (Å²) in [4.78, 5) is 38.9. The summed E-state index contributed by atoms with van der Waals surface area (Å²) >= 11 is 0. The van der Waals surface area contributed by atoms with Crippen molar-refractivity contribution in [2.45, 2.75) is 12.8 Å². The molecule has 1 aliphatic heterocycles. The molecular formula is C19H25N3O4. The fourth-order valence-corrected chi connectivity index (χ4v) is 3.33. The van der Waals surface area contributed by atoms with Gasteiger partial charge in [-0.15, -0.1) is 0 Å². The zero-order valence-corrected chi connectivity index (χ0v) is 15.0. The van der Waals surface area contributed by atoms with E-state index in [-0.39, 0.29) is 23.7 Å². The summed E-state index contributed by atoms with van der Waals surface area (Å²) in [6.45, 7) is 2.79. The Hall–Kier alpha value is -2.57. The van der Waals surface area contributed by atoms with Gasteiger partial charge >= 0.3 is 0 Å². The molecule has 0 radical (unpaired) electrons. The summed E-state index contributed by atoms with van der Waals surface area (Å²) in [6.07, 6.45) is 2.16. The van der Waals surface area contributed by atoms with Crippen LogP contribution in [0.15, 0.2) is 24.3 Å². The summed E-state index contributed by atoms with van der Waals surface area (Å²) < 4.78 is 5.19. The Balaban J connectivity index is 1.40. The van der Waals surface area contributed by atoms with Crippen LogP contribution in [0.4, 0.5) is 0 Å². The van der Waals surface area contributed by atoms with Crippen LogP contribution in [0.5, 0.6) is 5.75 Å². The maximum Gasteiger partial charge on any atom is 0.226 e. The predicted octanol–water partition coefficient (Wildman–Crippen LogP) is 0.291. The van der Waals surface area contributed by atoms with Gasteiger partial charge in [0.25, 0.3) is 0 Å². The zero-order chi connectivity index (χ0) is 18.5. The van der Waals surface area contributed by atoms with Crippen molar-refractivity contribution < 1.29 is 19.1 Å². The summed E-state index contributed by atoms with van der Waals surface area (Å²) in [5, 5.41) is 2.93. The highest BCUT2D eigenvalue weighted by atomic mass is 16.5. The van der Waals surface area contributed by atoms with Crippen LogP contribution in [-0.4, -0.2) is 67.9 Å². The Kier molecular flexibility index (Phi) is 5.75. The molecule has 0 spiro atoms. The SMILES string of the molecule is COc1cccc(CCNC(=O)C2CC2C(=O)N2CCN(C=O)CC2)c1. The number of piperazine rings is 1. The standard InChI is InChI=1S/C19H25N3O4/c1-26-15-4-2-3-14(11-15)5-6-20-18(24)16-12-17(16)19(25)22-9-7-21(13-23)8-10-22/h2-4,11,13,16-17H,5-10,12H2,1H3,(H,20,24). The van der Waals surface area contributed by atoms with Crippen molar-refractivity contribution in [3.63, 3.8) is 0 Å². The first-order chi connectivity index (χ1) is 12.6. The highest BCUT2D eigenvalue weighted by Gasteiger charge is 2.49. The molecule has 2 fully saturated rings. The van der Waals surface area contributed by atoms with Crippen LogP contribution in [0, 0.1) is 11.8 Å². The number of benzene rings is 1. The molecule has 2 unspecified atom stereocenters. The summed E-state index contributed by atoms with van der Waals surface area (Å²) in [6, 6.07) is 7.76. The molecule has 1 aromatic carbocycles. The lowest BCUT2D eigenvalue weighted by molar-refractivity contribution is -0.137. The normalized spacial score (nSPS) is 21.9. The van der Waals surface area contributed by atoms with E-state index >= 15 is 0 Å². The molecule has 1 aliphatic carbocycles. The molecule has 1 N–H and O–H groups in total. The largest absolute Gasteiger partial charge is 0.497 e. The second-order valence-corrected chi connectivity index (χ2v) is 6.81. The summed E-state index contributed by atoms with van der Waals surface area (Å²) in [5.74, 6) is 0.393. The molecule has 1 heterocycles. The van der Waals surface area contributed by atoms with Crippen molar-refractivity contribution in [2.24, 2.45) is 11.8 Å². The van der Waals surface area contributed by atoms with Gasteiger partial charge in [0.1, 0.15) is 5.75 Å². The van der Waals surface area contributed by atoms with Crippen LogP contribution in [-0.2, 0) is 20.8 Å². The van der Waals surface area contributed by atoms with Gasteiger partial charge in [-0.25, -0.2) is 0 Å². The van der Waals surface area contributed by atoms with Crippen molar-refractivity contribution in [3.05, 3.63) is 29.8 Å². The Morgan fingerprint density at radius 3 is 2.69 bits per heavy atom. The third kappa shape index (κ3) is 4.33. The summed E-state index contributed by atoms with van der Waals surface area (Å²) in [5.41, 5.74) is 1.10. The predicted molar refractivity (Wildman–Crippen MR) is 95.5 cm³/mol. The molecule has 3 amide bonds. The fraction of sp³-hybridized carbons (Fsp3) is 0.526. The first-order valence-corrected chi connectivity index (χ1v) is 9.01. The van der Waals surface area contributed by atoms with Crippen LogP contribution >= 0.6 is 0 Å². The van der Waals surface area contributed by atoms with Crippen LogP contribution in [0.25, 0.3) is 0 Å². The molecule has 1 aromatic rings. The summed E-state index contributed by atoms with van der Waals surface area (Å²) in [7, 11) is 1.63. The average molecular weight is 359 g/mol. The number of amides is 3. The molecule has 7 nitrogen and oxygen atoms in total.